The number of carbonyl (C=O) groups is 1. The van der Waals surface area contributed by atoms with E-state index in [0.29, 0.717) is 18.1 Å². The van der Waals surface area contributed by atoms with Gasteiger partial charge in [0.2, 0.25) is 5.91 Å². The van der Waals surface area contributed by atoms with Gasteiger partial charge in [0.15, 0.2) is 11.5 Å². The number of rotatable bonds is 6. The molecule has 1 amide bonds. The average Bonchev–Trinajstić information content (AvgIpc) is 2.59. The molecule has 0 heterocycles. The van der Waals surface area contributed by atoms with Crippen molar-refractivity contribution in [3.8, 4) is 11.5 Å². The Hall–Kier alpha value is -1.97. The van der Waals surface area contributed by atoms with E-state index >= 15 is 0 Å². The van der Waals surface area contributed by atoms with Crippen molar-refractivity contribution in [1.82, 2.24) is 5.32 Å². The number of phenolic OH excluding ortho intramolecular Hbond substituents is 1. The van der Waals surface area contributed by atoms with Crippen LogP contribution in [0.25, 0.3) is 0 Å². The summed E-state index contributed by atoms with van der Waals surface area (Å²) in [5.41, 5.74) is 2.40. The van der Waals surface area contributed by atoms with Gasteiger partial charge in [-0.3, -0.25) is 4.79 Å². The van der Waals surface area contributed by atoms with Crippen molar-refractivity contribution in [2.24, 2.45) is 5.92 Å². The zero-order valence-corrected chi connectivity index (χ0v) is 15.0. The van der Waals surface area contributed by atoms with Crippen molar-refractivity contribution in [3.05, 3.63) is 35.4 Å². The molecular formula is C20H29NO3. The predicted molar refractivity (Wildman–Crippen MR) is 96.3 cm³/mol. The summed E-state index contributed by atoms with van der Waals surface area (Å²) in [5.74, 6) is 1.22. The topological polar surface area (TPSA) is 58.6 Å². The third kappa shape index (κ3) is 4.76. The summed E-state index contributed by atoms with van der Waals surface area (Å²) in [6, 6.07) is 5.32. The van der Waals surface area contributed by atoms with Crippen molar-refractivity contribution < 1.29 is 14.6 Å². The van der Waals surface area contributed by atoms with Gasteiger partial charge >= 0.3 is 0 Å². The van der Waals surface area contributed by atoms with Gasteiger partial charge in [-0.2, -0.15) is 0 Å². The third-order valence-corrected chi connectivity index (χ3v) is 5.00. The van der Waals surface area contributed by atoms with E-state index in [2.05, 4.69) is 25.2 Å². The van der Waals surface area contributed by atoms with Gasteiger partial charge in [0, 0.05) is 6.04 Å². The molecule has 0 saturated heterocycles. The minimum absolute atomic E-state index is 0.0351. The number of benzene rings is 1. The molecule has 1 aliphatic rings. The van der Waals surface area contributed by atoms with E-state index in [-0.39, 0.29) is 17.7 Å². The molecule has 0 unspecified atom stereocenters. The normalized spacial score (nSPS) is 21.4. The maximum absolute atomic E-state index is 12.3. The van der Waals surface area contributed by atoms with Crippen molar-refractivity contribution in [1.29, 1.82) is 0 Å². The second-order valence-corrected chi connectivity index (χ2v) is 6.52. The summed E-state index contributed by atoms with van der Waals surface area (Å²) < 4.78 is 5.09. The van der Waals surface area contributed by atoms with E-state index in [9.17, 15) is 9.90 Å². The van der Waals surface area contributed by atoms with Gasteiger partial charge in [0.05, 0.1) is 13.5 Å². The molecule has 4 heteroatoms. The number of hydrogen-bond donors (Lipinski definition) is 2. The minimum Gasteiger partial charge on any atom is -0.504 e. The highest BCUT2D eigenvalue weighted by Gasteiger charge is 2.23. The first-order valence-electron chi connectivity index (χ1n) is 8.87. The van der Waals surface area contributed by atoms with E-state index in [1.165, 1.54) is 7.11 Å². The van der Waals surface area contributed by atoms with E-state index in [0.717, 1.165) is 37.7 Å². The molecular weight excluding hydrogens is 302 g/mol. The summed E-state index contributed by atoms with van der Waals surface area (Å²) in [4.78, 5) is 12.3. The molecule has 2 N–H and O–H groups in total. The highest BCUT2D eigenvalue weighted by molar-refractivity contribution is 5.79. The maximum Gasteiger partial charge on any atom is 0.224 e. The monoisotopic (exact) mass is 331 g/mol. The second kappa shape index (κ2) is 8.76. The van der Waals surface area contributed by atoms with Gasteiger partial charge in [-0.15, -0.1) is 0 Å². The fraction of sp³-hybridized carbons (Fsp3) is 0.550. The summed E-state index contributed by atoms with van der Waals surface area (Å²) in [6.45, 7) is 4.34. The second-order valence-electron chi connectivity index (χ2n) is 6.52. The van der Waals surface area contributed by atoms with Gasteiger partial charge in [-0.05, 0) is 62.6 Å². The molecule has 0 aromatic heterocycles. The molecule has 0 radical (unpaired) electrons. The standard InChI is InChI=1S/C20H29NO3/c1-4-15(5-2)16-7-9-17(10-8-16)21-20(23)13-14-6-11-18(22)19(12-14)24-3/h4,6,11-12,16-17,22H,5,7-10,13H2,1-3H3,(H,21,23)/b15-4+/t16-,17+. The zero-order valence-electron chi connectivity index (χ0n) is 15.0. The van der Waals surface area contributed by atoms with Crippen molar-refractivity contribution in [2.45, 2.75) is 58.4 Å². The molecule has 24 heavy (non-hydrogen) atoms. The lowest BCUT2D eigenvalue weighted by atomic mass is 9.80. The minimum atomic E-state index is 0.0351. The number of allylic oxidation sites excluding steroid dienone is 2. The van der Waals surface area contributed by atoms with Crippen LogP contribution in [0.2, 0.25) is 0 Å². The van der Waals surface area contributed by atoms with Crippen LogP contribution < -0.4 is 10.1 Å². The lowest BCUT2D eigenvalue weighted by Gasteiger charge is -2.30. The van der Waals surface area contributed by atoms with E-state index < -0.39 is 0 Å². The number of aromatic hydroxyl groups is 1. The fourth-order valence-electron chi connectivity index (χ4n) is 3.63. The van der Waals surface area contributed by atoms with E-state index in [4.69, 9.17) is 4.74 Å². The summed E-state index contributed by atoms with van der Waals surface area (Å²) >= 11 is 0. The SMILES string of the molecule is C/C=C(\CC)[C@H]1CC[C@@H](NC(=O)Cc2ccc(O)c(OC)c2)CC1. The lowest BCUT2D eigenvalue weighted by molar-refractivity contribution is -0.121. The Morgan fingerprint density at radius 1 is 1.33 bits per heavy atom. The summed E-state index contributed by atoms with van der Waals surface area (Å²) in [6.07, 6.45) is 8.10. The van der Waals surface area contributed by atoms with Crippen LogP contribution >= 0.6 is 0 Å². The van der Waals surface area contributed by atoms with Gasteiger partial charge in [-0.25, -0.2) is 0 Å². The zero-order chi connectivity index (χ0) is 17.5. The Balaban J connectivity index is 1.84. The average molecular weight is 331 g/mol. The first-order valence-corrected chi connectivity index (χ1v) is 8.87. The number of phenols is 1. The van der Waals surface area contributed by atoms with Crippen LogP contribution in [0.1, 0.15) is 51.5 Å². The van der Waals surface area contributed by atoms with Crippen LogP contribution in [-0.2, 0) is 11.2 Å². The molecule has 1 aromatic carbocycles. The number of methoxy groups -OCH3 is 1. The predicted octanol–water partition coefficient (Wildman–Crippen LogP) is 3.97. The van der Waals surface area contributed by atoms with Crippen molar-refractivity contribution in [3.63, 3.8) is 0 Å². The van der Waals surface area contributed by atoms with Crippen molar-refractivity contribution in [2.75, 3.05) is 7.11 Å². The quantitative estimate of drug-likeness (QED) is 0.775. The molecule has 1 aliphatic carbocycles. The molecule has 0 spiro atoms. The first kappa shape index (κ1) is 18.4. The smallest absolute Gasteiger partial charge is 0.224 e. The van der Waals surface area contributed by atoms with Crippen LogP contribution in [0.4, 0.5) is 0 Å². The Bertz CT molecular complexity index is 587. The van der Waals surface area contributed by atoms with Crippen LogP contribution in [0, 0.1) is 5.92 Å². The van der Waals surface area contributed by atoms with Crippen LogP contribution in [0.3, 0.4) is 0 Å². The molecule has 0 atom stereocenters. The molecule has 2 rings (SSSR count). The first-order chi connectivity index (χ1) is 11.6. The third-order valence-electron chi connectivity index (χ3n) is 5.00. The summed E-state index contributed by atoms with van der Waals surface area (Å²) in [7, 11) is 1.51. The Morgan fingerprint density at radius 2 is 2.04 bits per heavy atom. The number of hydrogen-bond acceptors (Lipinski definition) is 3. The Kier molecular flexibility index (Phi) is 6.71. The van der Waals surface area contributed by atoms with Gasteiger partial charge < -0.3 is 15.2 Å². The van der Waals surface area contributed by atoms with E-state index in [1.54, 1.807) is 23.8 Å². The highest BCUT2D eigenvalue weighted by Crippen LogP contribution is 2.31. The fourth-order valence-corrected chi connectivity index (χ4v) is 3.63. The van der Waals surface area contributed by atoms with Crippen LogP contribution in [-0.4, -0.2) is 24.2 Å². The molecule has 132 valence electrons. The highest BCUT2D eigenvalue weighted by atomic mass is 16.5. The molecule has 1 saturated carbocycles. The van der Waals surface area contributed by atoms with Crippen molar-refractivity contribution >= 4 is 5.91 Å². The molecule has 0 bridgehead atoms. The molecule has 4 nitrogen and oxygen atoms in total. The molecule has 1 aromatic rings. The maximum atomic E-state index is 12.3. The lowest BCUT2D eigenvalue weighted by Crippen LogP contribution is -2.38. The Morgan fingerprint density at radius 3 is 2.62 bits per heavy atom. The summed E-state index contributed by atoms with van der Waals surface area (Å²) in [5, 5.41) is 12.8. The van der Waals surface area contributed by atoms with Gasteiger partial charge in [-0.1, -0.05) is 24.6 Å². The number of amides is 1. The number of nitrogens with one attached hydrogen (secondary N) is 1. The van der Waals surface area contributed by atoms with Crippen LogP contribution in [0.5, 0.6) is 11.5 Å². The molecule has 1 fully saturated rings. The largest absolute Gasteiger partial charge is 0.504 e. The Labute approximate surface area is 144 Å². The molecule has 0 aliphatic heterocycles. The number of ether oxygens (including phenoxy) is 1. The van der Waals surface area contributed by atoms with Crippen LogP contribution in [0.15, 0.2) is 29.8 Å². The van der Waals surface area contributed by atoms with Gasteiger partial charge in [0.1, 0.15) is 0 Å². The van der Waals surface area contributed by atoms with E-state index in [1.807, 2.05) is 0 Å². The number of carbonyl (C=O) groups excluding carboxylic acids is 1. The van der Waals surface area contributed by atoms with Gasteiger partial charge in [0.25, 0.3) is 0 Å².